The van der Waals surface area contributed by atoms with Gasteiger partial charge in [-0.3, -0.25) is 9.69 Å². The molecule has 1 saturated heterocycles. The normalized spacial score (nSPS) is 15.1. The SMILES string of the molecule is CCCCNS(=O)(=O)c1ccc(OCC(=O)N2CCN(C/C=C/c3ccccc3)CC2)c(Cl)c1. The van der Waals surface area contributed by atoms with Gasteiger partial charge in [-0.25, -0.2) is 13.1 Å². The number of nitrogens with one attached hydrogen (secondary N) is 1. The van der Waals surface area contributed by atoms with Crippen LogP contribution in [0.25, 0.3) is 6.08 Å². The van der Waals surface area contributed by atoms with Crippen LogP contribution in [0.3, 0.4) is 0 Å². The Bertz CT molecular complexity index is 1070. The zero-order valence-electron chi connectivity index (χ0n) is 19.5. The zero-order chi connectivity index (χ0) is 24.4. The van der Waals surface area contributed by atoms with E-state index in [0.29, 0.717) is 19.6 Å². The highest BCUT2D eigenvalue weighted by molar-refractivity contribution is 7.89. The Labute approximate surface area is 207 Å². The number of amides is 1. The van der Waals surface area contributed by atoms with Crippen LogP contribution in [0, 0.1) is 0 Å². The van der Waals surface area contributed by atoms with Crippen LogP contribution in [0.2, 0.25) is 5.02 Å². The molecule has 0 aromatic heterocycles. The molecule has 1 fully saturated rings. The Morgan fingerprint density at radius 2 is 1.85 bits per heavy atom. The third kappa shape index (κ3) is 7.84. The monoisotopic (exact) mass is 505 g/mol. The van der Waals surface area contributed by atoms with E-state index in [1.165, 1.54) is 23.8 Å². The van der Waals surface area contributed by atoms with Crippen LogP contribution < -0.4 is 9.46 Å². The summed E-state index contributed by atoms with van der Waals surface area (Å²) in [6, 6.07) is 14.4. The number of benzene rings is 2. The number of unbranched alkanes of at least 4 members (excludes halogenated alkanes) is 1. The van der Waals surface area contributed by atoms with Gasteiger partial charge in [0.1, 0.15) is 5.75 Å². The minimum Gasteiger partial charge on any atom is -0.482 e. The molecule has 0 aliphatic carbocycles. The van der Waals surface area contributed by atoms with Crippen molar-refractivity contribution < 1.29 is 17.9 Å². The highest BCUT2D eigenvalue weighted by atomic mass is 35.5. The fraction of sp³-hybridized carbons (Fsp3) is 0.400. The number of ether oxygens (including phenoxy) is 1. The van der Waals surface area contributed by atoms with Crippen LogP contribution in [0.4, 0.5) is 0 Å². The van der Waals surface area contributed by atoms with Gasteiger partial charge >= 0.3 is 0 Å². The van der Waals surface area contributed by atoms with Gasteiger partial charge in [-0.15, -0.1) is 0 Å². The summed E-state index contributed by atoms with van der Waals surface area (Å²) in [7, 11) is -3.62. The van der Waals surface area contributed by atoms with Crippen molar-refractivity contribution in [2.45, 2.75) is 24.7 Å². The smallest absolute Gasteiger partial charge is 0.260 e. The van der Waals surface area contributed by atoms with Gasteiger partial charge in [0.05, 0.1) is 9.92 Å². The molecule has 1 aliphatic heterocycles. The number of hydrogen-bond donors (Lipinski definition) is 1. The molecule has 1 heterocycles. The fourth-order valence-corrected chi connectivity index (χ4v) is 4.94. The van der Waals surface area contributed by atoms with Crippen LogP contribution in [-0.4, -0.2) is 70.0 Å². The number of rotatable bonds is 11. The standard InChI is InChI=1S/C25H32ClN3O4S/c1-2-3-13-27-34(31,32)22-11-12-24(23(26)19-22)33-20-25(30)29-17-15-28(16-18-29)14-7-10-21-8-5-4-6-9-21/h4-12,19,27H,2-3,13-18,20H2,1H3/b10-7+. The summed E-state index contributed by atoms with van der Waals surface area (Å²) in [5, 5.41) is 0.154. The molecule has 1 amide bonds. The third-order valence-electron chi connectivity index (χ3n) is 5.59. The summed E-state index contributed by atoms with van der Waals surface area (Å²) < 4.78 is 32.8. The number of carbonyl (C=O) groups excluding carboxylic acids is 1. The summed E-state index contributed by atoms with van der Waals surface area (Å²) in [6.45, 7) is 5.92. The second kappa shape index (κ2) is 12.9. The van der Waals surface area contributed by atoms with Crippen molar-refractivity contribution in [3.8, 4) is 5.75 Å². The molecular weight excluding hydrogens is 474 g/mol. The Morgan fingerprint density at radius 3 is 2.53 bits per heavy atom. The maximum absolute atomic E-state index is 12.6. The minimum absolute atomic E-state index is 0.0738. The molecule has 2 aromatic carbocycles. The molecule has 0 atom stereocenters. The lowest BCUT2D eigenvalue weighted by Crippen LogP contribution is -2.49. The molecule has 1 N–H and O–H groups in total. The second-order valence-electron chi connectivity index (χ2n) is 8.13. The second-order valence-corrected chi connectivity index (χ2v) is 10.3. The molecule has 7 nitrogen and oxygen atoms in total. The molecule has 0 unspecified atom stereocenters. The Balaban J connectivity index is 1.44. The van der Waals surface area contributed by atoms with Crippen LogP contribution >= 0.6 is 11.6 Å². The lowest BCUT2D eigenvalue weighted by atomic mass is 10.2. The predicted octanol–water partition coefficient (Wildman–Crippen LogP) is 3.65. The lowest BCUT2D eigenvalue weighted by Gasteiger charge is -2.34. The summed E-state index contributed by atoms with van der Waals surface area (Å²) >= 11 is 6.22. The number of sulfonamides is 1. The summed E-state index contributed by atoms with van der Waals surface area (Å²) in [6.07, 6.45) is 5.90. The molecule has 3 rings (SSSR count). The van der Waals surface area contributed by atoms with Crippen molar-refractivity contribution in [2.24, 2.45) is 0 Å². The Morgan fingerprint density at radius 1 is 1.12 bits per heavy atom. The van der Waals surface area contributed by atoms with Crippen molar-refractivity contribution in [1.29, 1.82) is 0 Å². The topological polar surface area (TPSA) is 78.9 Å². The predicted molar refractivity (Wildman–Crippen MR) is 136 cm³/mol. The zero-order valence-corrected chi connectivity index (χ0v) is 21.0. The molecule has 1 aliphatic rings. The fourth-order valence-electron chi connectivity index (χ4n) is 3.55. The molecule has 9 heteroatoms. The number of hydrogen-bond acceptors (Lipinski definition) is 5. The van der Waals surface area contributed by atoms with Gasteiger partial charge in [0.25, 0.3) is 5.91 Å². The van der Waals surface area contributed by atoms with Gasteiger partial charge in [-0.05, 0) is 30.2 Å². The Kier molecular flexibility index (Phi) is 9.95. The summed E-state index contributed by atoms with van der Waals surface area (Å²) in [5.74, 6) is 0.167. The largest absolute Gasteiger partial charge is 0.482 e. The van der Waals surface area contributed by atoms with Crippen molar-refractivity contribution in [3.05, 3.63) is 65.2 Å². The molecule has 0 radical (unpaired) electrons. The summed E-state index contributed by atoms with van der Waals surface area (Å²) in [4.78, 5) is 16.7. The number of carbonyl (C=O) groups is 1. The average molecular weight is 506 g/mol. The van der Waals surface area contributed by atoms with E-state index in [4.69, 9.17) is 16.3 Å². The van der Waals surface area contributed by atoms with Crippen molar-refractivity contribution in [1.82, 2.24) is 14.5 Å². The van der Waals surface area contributed by atoms with Crippen molar-refractivity contribution in [2.75, 3.05) is 45.9 Å². The molecule has 0 bridgehead atoms. The quantitative estimate of drug-likeness (QED) is 0.471. The van der Waals surface area contributed by atoms with Gasteiger partial charge in [0.2, 0.25) is 10.0 Å². The molecule has 0 saturated carbocycles. The highest BCUT2D eigenvalue weighted by Gasteiger charge is 2.21. The molecule has 0 spiro atoms. The van der Waals surface area contributed by atoms with Gasteiger partial charge in [0, 0.05) is 39.3 Å². The van der Waals surface area contributed by atoms with Crippen molar-refractivity contribution in [3.63, 3.8) is 0 Å². The number of halogens is 1. The van der Waals surface area contributed by atoms with E-state index in [9.17, 15) is 13.2 Å². The van der Waals surface area contributed by atoms with E-state index in [-0.39, 0.29) is 28.2 Å². The van der Waals surface area contributed by atoms with E-state index in [1.54, 1.807) is 4.90 Å². The third-order valence-corrected chi connectivity index (χ3v) is 7.34. The van der Waals surface area contributed by atoms with E-state index in [1.807, 2.05) is 25.1 Å². The number of piperazine rings is 1. The van der Waals surface area contributed by atoms with Crippen LogP contribution in [0.1, 0.15) is 25.3 Å². The van der Waals surface area contributed by atoms with Gasteiger partial charge in [-0.2, -0.15) is 0 Å². The molecule has 184 valence electrons. The Hall–Kier alpha value is -2.39. The van der Waals surface area contributed by atoms with Gasteiger partial charge in [-0.1, -0.05) is 67.4 Å². The van der Waals surface area contributed by atoms with Gasteiger partial charge < -0.3 is 9.64 Å². The molecular formula is C25H32ClN3O4S. The van der Waals surface area contributed by atoms with E-state index >= 15 is 0 Å². The molecule has 34 heavy (non-hydrogen) atoms. The molecule has 2 aromatic rings. The maximum atomic E-state index is 12.6. The average Bonchev–Trinajstić information content (AvgIpc) is 2.84. The minimum atomic E-state index is -3.62. The summed E-state index contributed by atoms with van der Waals surface area (Å²) in [5.41, 5.74) is 1.17. The van der Waals surface area contributed by atoms with Crippen LogP contribution in [-0.2, 0) is 14.8 Å². The van der Waals surface area contributed by atoms with E-state index < -0.39 is 10.0 Å². The van der Waals surface area contributed by atoms with Crippen LogP contribution in [0.15, 0.2) is 59.5 Å². The van der Waals surface area contributed by atoms with E-state index in [2.05, 4.69) is 33.9 Å². The van der Waals surface area contributed by atoms with Gasteiger partial charge in [0.15, 0.2) is 6.61 Å². The first-order valence-electron chi connectivity index (χ1n) is 11.5. The van der Waals surface area contributed by atoms with Crippen LogP contribution in [0.5, 0.6) is 5.75 Å². The lowest BCUT2D eigenvalue weighted by molar-refractivity contribution is -0.135. The first-order valence-corrected chi connectivity index (χ1v) is 13.4. The number of nitrogens with zero attached hydrogens (tertiary/aromatic N) is 2. The maximum Gasteiger partial charge on any atom is 0.260 e. The first kappa shape index (κ1) is 26.2. The highest BCUT2D eigenvalue weighted by Crippen LogP contribution is 2.27. The van der Waals surface area contributed by atoms with Crippen molar-refractivity contribution >= 4 is 33.6 Å². The first-order chi connectivity index (χ1) is 16.4. The van der Waals surface area contributed by atoms with E-state index in [0.717, 1.165) is 32.5 Å².